The van der Waals surface area contributed by atoms with Crippen molar-refractivity contribution in [2.45, 2.75) is 58.1 Å². The summed E-state index contributed by atoms with van der Waals surface area (Å²) in [6.07, 6.45) is 4.41. The Morgan fingerprint density at radius 1 is 1.47 bits per heavy atom. The monoisotopic (exact) mass is 212 g/mol. The van der Waals surface area contributed by atoms with Gasteiger partial charge in [-0.2, -0.15) is 5.26 Å². The highest BCUT2D eigenvalue weighted by Crippen LogP contribution is 2.13. The molecule has 88 valence electrons. The van der Waals surface area contributed by atoms with Crippen molar-refractivity contribution in [3.8, 4) is 6.07 Å². The molecule has 0 aliphatic rings. The highest BCUT2D eigenvalue weighted by molar-refractivity contribution is 5.03. The molecule has 3 nitrogen and oxygen atoms in total. The number of nitriles is 1. The van der Waals surface area contributed by atoms with E-state index in [4.69, 9.17) is 10.00 Å². The summed E-state index contributed by atoms with van der Waals surface area (Å²) in [5, 5.41) is 12.0. The topological polar surface area (TPSA) is 45.0 Å². The van der Waals surface area contributed by atoms with Gasteiger partial charge in [-0.05, 0) is 27.3 Å². The van der Waals surface area contributed by atoms with Crippen LogP contribution in [-0.2, 0) is 4.74 Å². The van der Waals surface area contributed by atoms with Gasteiger partial charge >= 0.3 is 0 Å². The third-order valence-electron chi connectivity index (χ3n) is 2.64. The molecule has 2 atom stereocenters. The Balaban J connectivity index is 3.73. The fourth-order valence-electron chi connectivity index (χ4n) is 1.47. The zero-order chi connectivity index (χ0) is 11.7. The predicted molar refractivity (Wildman–Crippen MR) is 62.6 cm³/mol. The lowest BCUT2D eigenvalue weighted by Crippen LogP contribution is -2.41. The van der Waals surface area contributed by atoms with Crippen molar-refractivity contribution in [2.24, 2.45) is 0 Å². The second kappa shape index (κ2) is 7.67. The zero-order valence-corrected chi connectivity index (χ0v) is 10.5. The second-order valence-electron chi connectivity index (χ2n) is 4.29. The largest absolute Gasteiger partial charge is 0.378 e. The molecule has 15 heavy (non-hydrogen) atoms. The standard InChI is InChI=1S/C12H24N2O/c1-5-6-7-8-15-11(2)9-12(3,10-13)14-4/h11,14H,5-9H2,1-4H3. The fourth-order valence-corrected chi connectivity index (χ4v) is 1.47. The van der Waals surface area contributed by atoms with E-state index in [0.717, 1.165) is 19.4 Å². The molecule has 0 spiro atoms. The molecule has 0 saturated heterocycles. The van der Waals surface area contributed by atoms with Gasteiger partial charge in [-0.25, -0.2) is 0 Å². The van der Waals surface area contributed by atoms with E-state index >= 15 is 0 Å². The molecule has 0 aromatic rings. The maximum absolute atomic E-state index is 8.98. The Morgan fingerprint density at radius 3 is 2.60 bits per heavy atom. The predicted octanol–water partition coefficient (Wildman–Crippen LogP) is 2.47. The van der Waals surface area contributed by atoms with Gasteiger partial charge in [-0.15, -0.1) is 0 Å². The first-order chi connectivity index (χ1) is 7.08. The number of hydrogen-bond donors (Lipinski definition) is 1. The Hall–Kier alpha value is -0.590. The molecule has 0 heterocycles. The average molecular weight is 212 g/mol. The van der Waals surface area contributed by atoms with Crippen molar-refractivity contribution < 1.29 is 4.74 Å². The van der Waals surface area contributed by atoms with E-state index in [1.54, 1.807) is 0 Å². The molecule has 0 radical (unpaired) electrons. The highest BCUT2D eigenvalue weighted by Gasteiger charge is 2.24. The first-order valence-corrected chi connectivity index (χ1v) is 5.79. The summed E-state index contributed by atoms with van der Waals surface area (Å²) in [6, 6.07) is 2.27. The molecule has 3 heteroatoms. The molecule has 0 amide bonds. The molecular formula is C12H24N2O. The van der Waals surface area contributed by atoms with Crippen LogP contribution in [0.3, 0.4) is 0 Å². The van der Waals surface area contributed by atoms with Gasteiger partial charge in [0, 0.05) is 13.0 Å². The summed E-state index contributed by atoms with van der Waals surface area (Å²) >= 11 is 0. The minimum absolute atomic E-state index is 0.138. The summed E-state index contributed by atoms with van der Waals surface area (Å²) in [4.78, 5) is 0. The summed E-state index contributed by atoms with van der Waals surface area (Å²) in [5.74, 6) is 0. The smallest absolute Gasteiger partial charge is 0.106 e. The highest BCUT2D eigenvalue weighted by atomic mass is 16.5. The lowest BCUT2D eigenvalue weighted by atomic mass is 9.97. The van der Waals surface area contributed by atoms with Crippen molar-refractivity contribution in [3.63, 3.8) is 0 Å². The minimum atomic E-state index is -0.468. The Morgan fingerprint density at radius 2 is 2.13 bits per heavy atom. The molecule has 0 aromatic carbocycles. The van der Waals surface area contributed by atoms with Gasteiger partial charge in [0.1, 0.15) is 5.54 Å². The van der Waals surface area contributed by atoms with Crippen LogP contribution >= 0.6 is 0 Å². The average Bonchev–Trinajstić information content (AvgIpc) is 2.24. The van der Waals surface area contributed by atoms with E-state index in [1.807, 2.05) is 20.9 Å². The third-order valence-corrected chi connectivity index (χ3v) is 2.64. The van der Waals surface area contributed by atoms with Crippen LogP contribution in [0, 0.1) is 11.3 Å². The lowest BCUT2D eigenvalue weighted by molar-refractivity contribution is 0.0461. The molecule has 0 aliphatic carbocycles. The Labute approximate surface area is 93.8 Å². The van der Waals surface area contributed by atoms with Crippen LogP contribution < -0.4 is 5.32 Å². The van der Waals surface area contributed by atoms with E-state index in [1.165, 1.54) is 12.8 Å². The van der Waals surface area contributed by atoms with E-state index < -0.39 is 5.54 Å². The number of nitrogens with one attached hydrogen (secondary N) is 1. The molecule has 0 rings (SSSR count). The van der Waals surface area contributed by atoms with Crippen LogP contribution in [0.4, 0.5) is 0 Å². The SMILES string of the molecule is CCCCCOC(C)CC(C)(C#N)NC. The molecule has 0 bridgehead atoms. The molecular weight excluding hydrogens is 188 g/mol. The van der Waals surface area contributed by atoms with Crippen LogP contribution in [0.25, 0.3) is 0 Å². The van der Waals surface area contributed by atoms with E-state index in [2.05, 4.69) is 18.3 Å². The van der Waals surface area contributed by atoms with Crippen LogP contribution in [0.2, 0.25) is 0 Å². The lowest BCUT2D eigenvalue weighted by Gasteiger charge is -2.24. The van der Waals surface area contributed by atoms with Gasteiger partial charge in [0.2, 0.25) is 0 Å². The summed E-state index contributed by atoms with van der Waals surface area (Å²) in [5.41, 5.74) is -0.468. The first-order valence-electron chi connectivity index (χ1n) is 5.79. The molecule has 0 aromatic heterocycles. The number of ether oxygens (including phenoxy) is 1. The van der Waals surface area contributed by atoms with Crippen molar-refractivity contribution >= 4 is 0 Å². The van der Waals surface area contributed by atoms with E-state index in [0.29, 0.717) is 0 Å². The van der Waals surface area contributed by atoms with Crippen LogP contribution in [0.1, 0.15) is 46.5 Å². The quantitative estimate of drug-likeness (QED) is 0.629. The van der Waals surface area contributed by atoms with Gasteiger partial charge < -0.3 is 10.1 Å². The van der Waals surface area contributed by atoms with Crippen molar-refractivity contribution in [1.29, 1.82) is 5.26 Å². The normalized spacial score (nSPS) is 16.7. The van der Waals surface area contributed by atoms with Crippen molar-refractivity contribution in [3.05, 3.63) is 0 Å². The molecule has 0 saturated carbocycles. The summed E-state index contributed by atoms with van der Waals surface area (Å²) in [6.45, 7) is 6.91. The molecule has 1 N–H and O–H groups in total. The van der Waals surface area contributed by atoms with Gasteiger partial charge in [0.25, 0.3) is 0 Å². The van der Waals surface area contributed by atoms with Crippen molar-refractivity contribution in [2.75, 3.05) is 13.7 Å². The number of hydrogen-bond acceptors (Lipinski definition) is 3. The zero-order valence-electron chi connectivity index (χ0n) is 10.5. The van der Waals surface area contributed by atoms with Gasteiger partial charge in [0.15, 0.2) is 0 Å². The van der Waals surface area contributed by atoms with Crippen LogP contribution in [0.15, 0.2) is 0 Å². The Bertz CT molecular complexity index is 200. The minimum Gasteiger partial charge on any atom is -0.378 e. The number of rotatable bonds is 8. The summed E-state index contributed by atoms with van der Waals surface area (Å²) < 4.78 is 5.65. The number of nitrogens with zero attached hydrogens (tertiary/aromatic N) is 1. The molecule has 0 aliphatic heterocycles. The maximum Gasteiger partial charge on any atom is 0.106 e. The van der Waals surface area contributed by atoms with Gasteiger partial charge in [0.05, 0.1) is 12.2 Å². The van der Waals surface area contributed by atoms with E-state index in [9.17, 15) is 0 Å². The Kier molecular flexibility index (Phi) is 7.37. The van der Waals surface area contributed by atoms with Crippen LogP contribution in [0.5, 0.6) is 0 Å². The first kappa shape index (κ1) is 14.4. The van der Waals surface area contributed by atoms with Crippen LogP contribution in [-0.4, -0.2) is 25.3 Å². The maximum atomic E-state index is 8.98. The summed E-state index contributed by atoms with van der Waals surface area (Å²) in [7, 11) is 1.81. The fraction of sp³-hybridized carbons (Fsp3) is 0.917. The van der Waals surface area contributed by atoms with Gasteiger partial charge in [-0.3, -0.25) is 0 Å². The second-order valence-corrected chi connectivity index (χ2v) is 4.29. The third kappa shape index (κ3) is 6.48. The molecule has 0 fully saturated rings. The van der Waals surface area contributed by atoms with E-state index in [-0.39, 0.29) is 6.10 Å². The van der Waals surface area contributed by atoms with Crippen molar-refractivity contribution in [1.82, 2.24) is 5.32 Å². The number of unbranched alkanes of at least 4 members (excludes halogenated alkanes) is 2. The molecule has 2 unspecified atom stereocenters. The van der Waals surface area contributed by atoms with Gasteiger partial charge in [-0.1, -0.05) is 19.8 Å².